The van der Waals surface area contributed by atoms with Crippen LogP contribution in [-0.2, 0) is 37.1 Å². The number of hydrogen-bond acceptors (Lipinski definition) is 5. The van der Waals surface area contributed by atoms with Gasteiger partial charge in [-0.2, -0.15) is 0 Å². The summed E-state index contributed by atoms with van der Waals surface area (Å²) in [6.45, 7) is 1.78. The van der Waals surface area contributed by atoms with Crippen molar-refractivity contribution in [3.05, 3.63) is 71.8 Å². The van der Waals surface area contributed by atoms with E-state index in [-0.39, 0.29) is 19.6 Å². The van der Waals surface area contributed by atoms with Gasteiger partial charge in [0, 0.05) is 0 Å². The molecule has 0 radical (unpaired) electrons. The van der Waals surface area contributed by atoms with Gasteiger partial charge < -0.3 is 14.6 Å². The summed E-state index contributed by atoms with van der Waals surface area (Å²) in [6.07, 6.45) is 0.742. The van der Waals surface area contributed by atoms with Crippen LogP contribution in [0.2, 0.25) is 0 Å². The summed E-state index contributed by atoms with van der Waals surface area (Å²) in [6, 6.07) is 18.0. The molecule has 0 amide bonds. The highest BCUT2D eigenvalue weighted by Gasteiger charge is 2.41. The fourth-order valence-corrected chi connectivity index (χ4v) is 2.82. The molecule has 2 atom stereocenters. The fourth-order valence-electron chi connectivity index (χ4n) is 2.82. The van der Waals surface area contributed by atoms with E-state index in [0.717, 1.165) is 11.1 Å². The third-order valence-electron chi connectivity index (χ3n) is 4.27. The highest BCUT2D eigenvalue weighted by Crippen LogP contribution is 2.23. The molecule has 0 bridgehead atoms. The molecule has 0 unspecified atom stereocenters. The van der Waals surface area contributed by atoms with E-state index in [4.69, 9.17) is 9.47 Å². The average Bonchev–Trinajstić information content (AvgIpc) is 2.71. The lowest BCUT2D eigenvalue weighted by atomic mass is 9.88. The first-order valence-corrected chi connectivity index (χ1v) is 9.16. The Balaban J connectivity index is 2.05. The summed E-state index contributed by atoms with van der Waals surface area (Å²) >= 11 is 0. The molecule has 0 spiro atoms. The Hall–Kier alpha value is -3.15. The van der Waals surface area contributed by atoms with E-state index in [1.807, 2.05) is 31.2 Å². The van der Waals surface area contributed by atoms with Crippen molar-refractivity contribution >= 4 is 17.9 Å². The van der Waals surface area contributed by atoms with Crippen molar-refractivity contribution in [2.24, 2.45) is 11.8 Å². The zero-order valence-corrected chi connectivity index (χ0v) is 15.7. The van der Waals surface area contributed by atoms with Crippen LogP contribution < -0.4 is 0 Å². The molecule has 0 saturated heterocycles. The maximum Gasteiger partial charge on any atom is 0.321 e. The molecule has 28 heavy (non-hydrogen) atoms. The Labute approximate surface area is 164 Å². The predicted octanol–water partition coefficient (Wildman–Crippen LogP) is 3.59. The molecule has 148 valence electrons. The van der Waals surface area contributed by atoms with Crippen LogP contribution in [0, 0.1) is 11.8 Å². The summed E-state index contributed by atoms with van der Waals surface area (Å²) in [5.74, 6) is -5.75. The number of ether oxygens (including phenoxy) is 2. The third kappa shape index (κ3) is 6.23. The number of carboxylic acid groups (broad SMARTS) is 1. The minimum atomic E-state index is -1.60. The van der Waals surface area contributed by atoms with E-state index < -0.39 is 29.7 Å². The number of carbonyl (C=O) groups excluding carboxylic acids is 2. The summed E-state index contributed by atoms with van der Waals surface area (Å²) in [5, 5.41) is 9.56. The molecule has 2 aromatic rings. The van der Waals surface area contributed by atoms with Crippen LogP contribution >= 0.6 is 0 Å². The Morgan fingerprint density at radius 3 is 1.71 bits per heavy atom. The molecule has 0 saturated carbocycles. The Morgan fingerprint density at radius 1 is 0.821 bits per heavy atom. The smallest absolute Gasteiger partial charge is 0.321 e. The van der Waals surface area contributed by atoms with Gasteiger partial charge in [0.05, 0.1) is 5.92 Å². The van der Waals surface area contributed by atoms with Crippen LogP contribution in [0.1, 0.15) is 30.9 Å². The van der Waals surface area contributed by atoms with Crippen LogP contribution in [0.15, 0.2) is 60.7 Å². The van der Waals surface area contributed by atoms with Gasteiger partial charge in [0.1, 0.15) is 13.2 Å². The molecule has 0 aliphatic heterocycles. The SMILES string of the molecule is CCC[C@@H](C(=O)OCc1ccccc1)[C@H](C(=O)O)C(=O)OCc1ccccc1. The summed E-state index contributed by atoms with van der Waals surface area (Å²) in [5.41, 5.74) is 1.52. The third-order valence-corrected chi connectivity index (χ3v) is 4.27. The van der Waals surface area contributed by atoms with Gasteiger partial charge in [0.15, 0.2) is 5.92 Å². The van der Waals surface area contributed by atoms with E-state index in [1.165, 1.54) is 0 Å². The fraction of sp³-hybridized carbons (Fsp3) is 0.318. The first kappa shape index (κ1) is 21.2. The second-order valence-electron chi connectivity index (χ2n) is 6.40. The molecule has 2 aromatic carbocycles. The van der Waals surface area contributed by atoms with Crippen molar-refractivity contribution in [2.45, 2.75) is 33.0 Å². The number of rotatable bonds is 10. The molecule has 0 fully saturated rings. The van der Waals surface area contributed by atoms with Crippen molar-refractivity contribution < 1.29 is 29.0 Å². The molecule has 2 rings (SSSR count). The minimum absolute atomic E-state index is 0.0191. The van der Waals surface area contributed by atoms with Gasteiger partial charge in [-0.05, 0) is 17.5 Å². The Morgan fingerprint density at radius 2 is 1.29 bits per heavy atom. The molecule has 0 heterocycles. The second-order valence-corrected chi connectivity index (χ2v) is 6.40. The van der Waals surface area contributed by atoms with E-state index in [9.17, 15) is 19.5 Å². The Bertz CT molecular complexity index is 772. The summed E-state index contributed by atoms with van der Waals surface area (Å²) in [4.78, 5) is 36.7. The zero-order chi connectivity index (χ0) is 20.4. The van der Waals surface area contributed by atoms with Gasteiger partial charge in [0.25, 0.3) is 0 Å². The monoisotopic (exact) mass is 384 g/mol. The minimum Gasteiger partial charge on any atom is -0.481 e. The van der Waals surface area contributed by atoms with Crippen LogP contribution in [0.5, 0.6) is 0 Å². The summed E-state index contributed by atoms with van der Waals surface area (Å²) < 4.78 is 10.4. The molecule has 0 aromatic heterocycles. The van der Waals surface area contributed by atoms with Crippen molar-refractivity contribution in [1.82, 2.24) is 0 Å². The van der Waals surface area contributed by atoms with Crippen LogP contribution in [0.4, 0.5) is 0 Å². The molecular weight excluding hydrogens is 360 g/mol. The lowest BCUT2D eigenvalue weighted by Gasteiger charge is -2.21. The molecule has 6 heteroatoms. The molecule has 0 aliphatic carbocycles. The first-order valence-electron chi connectivity index (χ1n) is 9.16. The van der Waals surface area contributed by atoms with Crippen LogP contribution in [-0.4, -0.2) is 23.0 Å². The lowest BCUT2D eigenvalue weighted by molar-refractivity contribution is -0.170. The summed E-state index contributed by atoms with van der Waals surface area (Å²) in [7, 11) is 0. The van der Waals surface area contributed by atoms with Crippen molar-refractivity contribution in [3.63, 3.8) is 0 Å². The maximum absolute atomic E-state index is 12.5. The maximum atomic E-state index is 12.5. The number of carbonyl (C=O) groups is 3. The Kier molecular flexibility index (Phi) is 8.21. The first-order chi connectivity index (χ1) is 13.5. The van der Waals surface area contributed by atoms with Gasteiger partial charge >= 0.3 is 17.9 Å². The topological polar surface area (TPSA) is 89.9 Å². The highest BCUT2D eigenvalue weighted by atomic mass is 16.5. The van der Waals surface area contributed by atoms with Gasteiger partial charge in [-0.25, -0.2) is 0 Å². The van der Waals surface area contributed by atoms with Gasteiger partial charge in [-0.1, -0.05) is 74.0 Å². The van der Waals surface area contributed by atoms with Gasteiger partial charge in [-0.15, -0.1) is 0 Å². The second kappa shape index (κ2) is 10.9. The molecular formula is C22H24O6. The van der Waals surface area contributed by atoms with E-state index in [0.29, 0.717) is 6.42 Å². The largest absolute Gasteiger partial charge is 0.481 e. The number of esters is 2. The predicted molar refractivity (Wildman–Crippen MR) is 102 cm³/mol. The average molecular weight is 384 g/mol. The van der Waals surface area contributed by atoms with E-state index in [2.05, 4.69) is 0 Å². The molecule has 6 nitrogen and oxygen atoms in total. The van der Waals surface area contributed by atoms with Gasteiger partial charge in [0.2, 0.25) is 0 Å². The molecule has 1 N–H and O–H groups in total. The van der Waals surface area contributed by atoms with E-state index >= 15 is 0 Å². The lowest BCUT2D eigenvalue weighted by Crippen LogP contribution is -2.38. The van der Waals surface area contributed by atoms with Crippen LogP contribution in [0.25, 0.3) is 0 Å². The van der Waals surface area contributed by atoms with Gasteiger partial charge in [-0.3, -0.25) is 14.4 Å². The highest BCUT2D eigenvalue weighted by molar-refractivity contribution is 5.98. The quantitative estimate of drug-likeness (QED) is 0.497. The van der Waals surface area contributed by atoms with Crippen molar-refractivity contribution in [1.29, 1.82) is 0 Å². The van der Waals surface area contributed by atoms with Crippen molar-refractivity contribution in [2.75, 3.05) is 0 Å². The van der Waals surface area contributed by atoms with Crippen LogP contribution in [0.3, 0.4) is 0 Å². The number of hydrogen-bond donors (Lipinski definition) is 1. The zero-order valence-electron chi connectivity index (χ0n) is 15.7. The number of benzene rings is 2. The van der Waals surface area contributed by atoms with Crippen molar-refractivity contribution in [3.8, 4) is 0 Å². The number of carboxylic acids is 1. The molecule has 0 aliphatic rings. The standard InChI is InChI=1S/C22H24O6/c1-2-9-18(21(25)27-14-16-10-5-3-6-11-16)19(20(23)24)22(26)28-15-17-12-7-4-8-13-17/h3-8,10-13,18-19H,2,9,14-15H2,1H3,(H,23,24)/t18-,19-/m1/s1. The number of aliphatic carboxylic acids is 1. The normalized spacial score (nSPS) is 12.6. The van der Waals surface area contributed by atoms with E-state index in [1.54, 1.807) is 36.4 Å².